The molecule has 26 heavy (non-hydrogen) atoms. The Labute approximate surface area is 160 Å². The number of aryl methyl sites for hydroxylation is 2. The molecular formula is C19H21BrN4O2. The Kier molecular flexibility index (Phi) is 4.80. The van der Waals surface area contributed by atoms with Gasteiger partial charge in [0.1, 0.15) is 11.7 Å². The van der Waals surface area contributed by atoms with Gasteiger partial charge in [-0.3, -0.25) is 9.59 Å². The first-order valence-electron chi connectivity index (χ1n) is 9.02. The van der Waals surface area contributed by atoms with Gasteiger partial charge < -0.3 is 14.8 Å². The average molecular weight is 417 g/mol. The number of anilines is 1. The molecule has 1 saturated heterocycles. The van der Waals surface area contributed by atoms with E-state index in [0.29, 0.717) is 19.5 Å². The summed E-state index contributed by atoms with van der Waals surface area (Å²) in [6.45, 7) is 1.92. The average Bonchev–Trinajstić information content (AvgIpc) is 3.23. The minimum atomic E-state index is -0.626. The number of benzene rings is 1. The number of carbonyl (C=O) groups excluding carboxylic acids is 2. The minimum Gasteiger partial charge on any atom is -0.350 e. The van der Waals surface area contributed by atoms with Crippen LogP contribution in [0.4, 0.5) is 5.69 Å². The normalized spacial score (nSPS) is 19.5. The van der Waals surface area contributed by atoms with Crippen molar-refractivity contribution in [2.75, 3.05) is 11.4 Å². The summed E-state index contributed by atoms with van der Waals surface area (Å²) >= 11 is 3.47. The molecule has 0 bridgehead atoms. The summed E-state index contributed by atoms with van der Waals surface area (Å²) in [4.78, 5) is 31.5. The predicted octanol–water partition coefficient (Wildman–Crippen LogP) is 2.65. The van der Waals surface area contributed by atoms with Gasteiger partial charge in [0.25, 0.3) is 0 Å². The molecule has 136 valence electrons. The number of aromatic nitrogens is 2. The fraction of sp³-hybridized carbons (Fsp3) is 0.421. The topological polar surface area (TPSA) is 67.2 Å². The third kappa shape index (κ3) is 3.28. The molecule has 2 aromatic rings. The molecule has 3 heterocycles. The fourth-order valence-corrected chi connectivity index (χ4v) is 4.19. The second-order valence-corrected chi connectivity index (χ2v) is 7.65. The molecule has 2 aliphatic rings. The van der Waals surface area contributed by atoms with Crippen LogP contribution in [-0.2, 0) is 29.1 Å². The molecule has 1 aromatic heterocycles. The van der Waals surface area contributed by atoms with E-state index < -0.39 is 5.92 Å². The maximum Gasteiger partial charge on any atom is 0.239 e. The summed E-state index contributed by atoms with van der Waals surface area (Å²) < 4.78 is 3.03. The molecule has 1 unspecified atom stereocenters. The van der Waals surface area contributed by atoms with E-state index in [1.165, 1.54) is 12.8 Å². The standard InChI is InChI=1S/C19H21BrN4O2/c20-15-5-1-2-6-16(15)24-10-8-14(19(24)26)18(25)21-11-13-12-23-9-4-3-7-17(23)22-13/h1-2,5-6,12,14H,3-4,7-11H2,(H,21,25). The number of fused-ring (bicyclic) bond motifs is 1. The van der Waals surface area contributed by atoms with Gasteiger partial charge in [0, 0.05) is 30.2 Å². The summed E-state index contributed by atoms with van der Waals surface area (Å²) in [6.07, 6.45) is 5.89. The van der Waals surface area contributed by atoms with E-state index in [2.05, 4.69) is 30.8 Å². The minimum absolute atomic E-state index is 0.140. The number of hydrogen-bond donors (Lipinski definition) is 1. The Morgan fingerprint density at radius 3 is 2.92 bits per heavy atom. The first kappa shape index (κ1) is 17.3. The van der Waals surface area contributed by atoms with Crippen molar-refractivity contribution in [3.05, 3.63) is 46.5 Å². The second kappa shape index (κ2) is 7.23. The fourth-order valence-electron chi connectivity index (χ4n) is 3.69. The zero-order chi connectivity index (χ0) is 18.1. The van der Waals surface area contributed by atoms with Gasteiger partial charge in [0.15, 0.2) is 0 Å². The molecule has 1 fully saturated rings. The number of rotatable bonds is 4. The predicted molar refractivity (Wildman–Crippen MR) is 102 cm³/mol. The van der Waals surface area contributed by atoms with Crippen molar-refractivity contribution in [1.29, 1.82) is 0 Å². The van der Waals surface area contributed by atoms with Gasteiger partial charge in [0.05, 0.1) is 17.9 Å². The Morgan fingerprint density at radius 2 is 2.12 bits per heavy atom. The lowest BCUT2D eigenvalue weighted by Gasteiger charge is -2.18. The van der Waals surface area contributed by atoms with Crippen LogP contribution in [0.1, 0.15) is 30.8 Å². The van der Waals surface area contributed by atoms with Crippen molar-refractivity contribution in [2.45, 2.75) is 38.8 Å². The molecule has 0 radical (unpaired) electrons. The van der Waals surface area contributed by atoms with E-state index >= 15 is 0 Å². The number of nitrogens with zero attached hydrogens (tertiary/aromatic N) is 3. The van der Waals surface area contributed by atoms with E-state index in [0.717, 1.165) is 34.6 Å². The van der Waals surface area contributed by atoms with Gasteiger partial charge in [0.2, 0.25) is 11.8 Å². The van der Waals surface area contributed by atoms with Gasteiger partial charge >= 0.3 is 0 Å². The van der Waals surface area contributed by atoms with Crippen molar-refractivity contribution in [1.82, 2.24) is 14.9 Å². The van der Waals surface area contributed by atoms with E-state index in [4.69, 9.17) is 0 Å². The number of halogens is 1. The van der Waals surface area contributed by atoms with Crippen molar-refractivity contribution < 1.29 is 9.59 Å². The van der Waals surface area contributed by atoms with Gasteiger partial charge in [-0.1, -0.05) is 12.1 Å². The smallest absolute Gasteiger partial charge is 0.239 e. The lowest BCUT2D eigenvalue weighted by atomic mass is 10.1. The molecule has 1 aromatic carbocycles. The number of nitrogens with one attached hydrogen (secondary N) is 1. The van der Waals surface area contributed by atoms with Crippen LogP contribution < -0.4 is 10.2 Å². The van der Waals surface area contributed by atoms with Gasteiger partial charge in [-0.25, -0.2) is 4.98 Å². The highest BCUT2D eigenvalue weighted by atomic mass is 79.9. The SMILES string of the molecule is O=C(NCc1cn2c(n1)CCCC2)C1CCN(c2ccccc2Br)C1=O. The number of para-hydroxylation sites is 1. The van der Waals surface area contributed by atoms with Crippen LogP contribution in [0, 0.1) is 5.92 Å². The Bertz CT molecular complexity index is 824. The van der Waals surface area contributed by atoms with Gasteiger partial charge in [-0.05, 0) is 47.3 Å². The highest BCUT2D eigenvalue weighted by molar-refractivity contribution is 9.10. The Morgan fingerprint density at radius 1 is 1.27 bits per heavy atom. The van der Waals surface area contributed by atoms with Crippen LogP contribution >= 0.6 is 15.9 Å². The molecule has 4 rings (SSSR count). The van der Waals surface area contributed by atoms with E-state index in [1.807, 2.05) is 30.5 Å². The number of amides is 2. The van der Waals surface area contributed by atoms with E-state index in [-0.39, 0.29) is 11.8 Å². The third-order valence-electron chi connectivity index (χ3n) is 5.07. The molecule has 6 nitrogen and oxygen atoms in total. The van der Waals surface area contributed by atoms with Crippen molar-refractivity contribution >= 4 is 33.4 Å². The highest BCUT2D eigenvalue weighted by Gasteiger charge is 2.38. The first-order chi connectivity index (χ1) is 12.6. The summed E-state index contributed by atoms with van der Waals surface area (Å²) in [5.74, 6) is 0.117. The van der Waals surface area contributed by atoms with Gasteiger partial charge in [-0.15, -0.1) is 0 Å². The largest absolute Gasteiger partial charge is 0.350 e. The molecule has 0 spiro atoms. The van der Waals surface area contributed by atoms with E-state index in [9.17, 15) is 9.59 Å². The number of carbonyl (C=O) groups is 2. The molecule has 2 amide bonds. The van der Waals surface area contributed by atoms with Crippen LogP contribution in [-0.4, -0.2) is 27.9 Å². The third-order valence-corrected chi connectivity index (χ3v) is 5.74. The summed E-state index contributed by atoms with van der Waals surface area (Å²) in [5.41, 5.74) is 1.68. The van der Waals surface area contributed by atoms with E-state index in [1.54, 1.807) is 4.90 Å². The molecule has 1 atom stereocenters. The molecule has 7 heteroatoms. The zero-order valence-corrected chi connectivity index (χ0v) is 16.0. The van der Waals surface area contributed by atoms with Gasteiger partial charge in [-0.2, -0.15) is 0 Å². The molecule has 0 aliphatic carbocycles. The summed E-state index contributed by atoms with van der Waals surface area (Å²) in [6, 6.07) is 7.58. The lowest BCUT2D eigenvalue weighted by molar-refractivity contribution is -0.132. The summed E-state index contributed by atoms with van der Waals surface area (Å²) in [7, 11) is 0. The van der Waals surface area contributed by atoms with Crippen molar-refractivity contribution in [3.8, 4) is 0 Å². The molecule has 2 aliphatic heterocycles. The monoisotopic (exact) mass is 416 g/mol. The van der Waals surface area contributed by atoms with Crippen LogP contribution in [0.2, 0.25) is 0 Å². The zero-order valence-electron chi connectivity index (χ0n) is 14.4. The van der Waals surface area contributed by atoms with Crippen LogP contribution in [0.3, 0.4) is 0 Å². The maximum atomic E-state index is 12.7. The lowest BCUT2D eigenvalue weighted by Crippen LogP contribution is -2.36. The van der Waals surface area contributed by atoms with Crippen molar-refractivity contribution in [2.24, 2.45) is 5.92 Å². The Balaban J connectivity index is 1.39. The summed E-state index contributed by atoms with van der Waals surface area (Å²) in [5, 5.41) is 2.89. The number of hydrogen-bond acceptors (Lipinski definition) is 3. The maximum absolute atomic E-state index is 12.7. The second-order valence-electron chi connectivity index (χ2n) is 6.80. The van der Waals surface area contributed by atoms with Crippen molar-refractivity contribution in [3.63, 3.8) is 0 Å². The Hall–Kier alpha value is -2.15. The molecular weight excluding hydrogens is 396 g/mol. The first-order valence-corrected chi connectivity index (χ1v) is 9.81. The van der Waals surface area contributed by atoms with Crippen LogP contribution in [0.5, 0.6) is 0 Å². The number of imidazole rings is 1. The molecule has 1 N–H and O–H groups in total. The van der Waals surface area contributed by atoms with Crippen LogP contribution in [0.25, 0.3) is 0 Å². The quantitative estimate of drug-likeness (QED) is 0.778. The molecule has 0 saturated carbocycles. The van der Waals surface area contributed by atoms with Crippen LogP contribution in [0.15, 0.2) is 34.9 Å². The highest BCUT2D eigenvalue weighted by Crippen LogP contribution is 2.31.